The molecule has 2 rings (SSSR count). The zero-order valence-electron chi connectivity index (χ0n) is 11.8. The molecular formula is C13H18N6O. The van der Waals surface area contributed by atoms with Crippen molar-refractivity contribution in [3.05, 3.63) is 40.8 Å². The maximum atomic E-state index is 12.0. The van der Waals surface area contributed by atoms with E-state index in [0.717, 1.165) is 17.0 Å². The minimum Gasteiger partial charge on any atom is -0.346 e. The van der Waals surface area contributed by atoms with Gasteiger partial charge in [0.05, 0.1) is 5.69 Å². The van der Waals surface area contributed by atoms with Crippen LogP contribution >= 0.6 is 0 Å². The summed E-state index contributed by atoms with van der Waals surface area (Å²) in [7, 11) is 1.88. The Labute approximate surface area is 117 Å². The summed E-state index contributed by atoms with van der Waals surface area (Å²) in [4.78, 5) is 16.1. The normalized spacial score (nSPS) is 10.4. The van der Waals surface area contributed by atoms with E-state index in [2.05, 4.69) is 20.8 Å². The largest absolute Gasteiger partial charge is 0.346 e. The summed E-state index contributed by atoms with van der Waals surface area (Å²) in [6.45, 7) is 4.32. The van der Waals surface area contributed by atoms with Gasteiger partial charge < -0.3 is 10.7 Å². The van der Waals surface area contributed by atoms with Crippen molar-refractivity contribution in [2.45, 2.75) is 20.4 Å². The molecule has 0 aromatic carbocycles. The summed E-state index contributed by atoms with van der Waals surface area (Å²) in [6, 6.07) is 5.04. The number of amides is 1. The Morgan fingerprint density at radius 1 is 1.40 bits per heavy atom. The fourth-order valence-electron chi connectivity index (χ4n) is 1.97. The molecule has 0 aliphatic rings. The van der Waals surface area contributed by atoms with E-state index >= 15 is 0 Å². The number of hydrogen-bond acceptors (Lipinski definition) is 5. The maximum Gasteiger partial charge on any atom is 0.270 e. The smallest absolute Gasteiger partial charge is 0.270 e. The molecule has 1 amide bonds. The number of nitrogens with one attached hydrogen (secondary N) is 2. The van der Waals surface area contributed by atoms with Crippen LogP contribution in [-0.2, 0) is 13.6 Å². The van der Waals surface area contributed by atoms with E-state index < -0.39 is 0 Å². The molecular weight excluding hydrogens is 256 g/mol. The number of nitrogen functional groups attached to an aromatic ring is 1. The van der Waals surface area contributed by atoms with Gasteiger partial charge in [-0.1, -0.05) is 6.07 Å². The molecule has 0 bridgehead atoms. The molecule has 106 valence electrons. The van der Waals surface area contributed by atoms with E-state index in [1.807, 2.05) is 20.9 Å². The van der Waals surface area contributed by atoms with Gasteiger partial charge in [0.25, 0.3) is 5.91 Å². The van der Waals surface area contributed by atoms with Crippen molar-refractivity contribution in [2.24, 2.45) is 12.9 Å². The molecule has 0 atom stereocenters. The second-order valence-corrected chi connectivity index (χ2v) is 4.51. The van der Waals surface area contributed by atoms with E-state index in [1.165, 1.54) is 0 Å². The van der Waals surface area contributed by atoms with Gasteiger partial charge in [-0.25, -0.2) is 10.8 Å². The number of carbonyl (C=O) groups is 1. The summed E-state index contributed by atoms with van der Waals surface area (Å²) in [5, 5.41) is 7.15. The zero-order chi connectivity index (χ0) is 14.7. The first kappa shape index (κ1) is 14.0. The molecule has 0 aliphatic heterocycles. The average molecular weight is 274 g/mol. The number of nitrogens with zero attached hydrogens (tertiary/aromatic N) is 3. The minimum atomic E-state index is -0.246. The van der Waals surface area contributed by atoms with Crippen LogP contribution in [0, 0.1) is 13.8 Å². The van der Waals surface area contributed by atoms with Crippen molar-refractivity contribution >= 4 is 11.7 Å². The molecule has 0 aliphatic carbocycles. The van der Waals surface area contributed by atoms with Crippen LogP contribution in [0.4, 0.5) is 5.82 Å². The van der Waals surface area contributed by atoms with E-state index in [4.69, 9.17) is 5.84 Å². The van der Waals surface area contributed by atoms with Gasteiger partial charge >= 0.3 is 0 Å². The van der Waals surface area contributed by atoms with Gasteiger partial charge in [-0.3, -0.25) is 9.48 Å². The lowest BCUT2D eigenvalue weighted by molar-refractivity contribution is 0.0946. The van der Waals surface area contributed by atoms with E-state index in [9.17, 15) is 4.79 Å². The first-order valence-electron chi connectivity index (χ1n) is 6.24. The number of pyridine rings is 1. The van der Waals surface area contributed by atoms with Gasteiger partial charge in [-0.2, -0.15) is 5.10 Å². The molecule has 2 aromatic heterocycles. The molecule has 7 heteroatoms. The minimum absolute atomic E-state index is 0.246. The van der Waals surface area contributed by atoms with Crippen LogP contribution < -0.4 is 16.6 Å². The maximum absolute atomic E-state index is 12.0. The van der Waals surface area contributed by atoms with Crippen LogP contribution in [0.15, 0.2) is 18.2 Å². The second kappa shape index (κ2) is 5.70. The lowest BCUT2D eigenvalue weighted by atomic mass is 10.2. The van der Waals surface area contributed by atoms with Crippen molar-refractivity contribution in [2.75, 3.05) is 5.43 Å². The molecule has 0 spiro atoms. The first-order valence-corrected chi connectivity index (χ1v) is 6.24. The number of nitrogens with two attached hydrogens (primary N) is 1. The lowest BCUT2D eigenvalue weighted by Crippen LogP contribution is -2.25. The Bertz CT molecular complexity index is 634. The zero-order valence-corrected chi connectivity index (χ0v) is 11.8. The molecule has 0 saturated heterocycles. The molecule has 4 N–H and O–H groups in total. The predicted octanol–water partition coefficient (Wildman–Crippen LogP) is 0.648. The van der Waals surface area contributed by atoms with Crippen LogP contribution in [0.3, 0.4) is 0 Å². The number of rotatable bonds is 4. The Morgan fingerprint density at radius 3 is 2.75 bits per heavy atom. The number of aromatic nitrogens is 3. The van der Waals surface area contributed by atoms with Crippen LogP contribution in [-0.4, -0.2) is 20.7 Å². The number of hydrogen-bond donors (Lipinski definition) is 3. The second-order valence-electron chi connectivity index (χ2n) is 4.51. The Hall–Kier alpha value is -2.41. The van der Waals surface area contributed by atoms with Crippen molar-refractivity contribution in [3.63, 3.8) is 0 Å². The number of hydrazine groups is 1. The Morgan fingerprint density at radius 2 is 2.15 bits per heavy atom. The van der Waals surface area contributed by atoms with Gasteiger partial charge in [0.2, 0.25) is 0 Å². The van der Waals surface area contributed by atoms with Gasteiger partial charge in [-0.05, 0) is 26.0 Å². The van der Waals surface area contributed by atoms with Crippen LogP contribution in [0.1, 0.15) is 27.4 Å². The fraction of sp³-hybridized carbons (Fsp3) is 0.308. The summed E-state index contributed by atoms with van der Waals surface area (Å²) in [5.41, 5.74) is 5.70. The highest BCUT2D eigenvalue weighted by Crippen LogP contribution is 2.11. The lowest BCUT2D eigenvalue weighted by Gasteiger charge is -2.06. The van der Waals surface area contributed by atoms with Crippen LogP contribution in [0.5, 0.6) is 0 Å². The highest BCUT2D eigenvalue weighted by molar-refractivity contribution is 5.92. The molecule has 7 nitrogen and oxygen atoms in total. The molecule has 2 aromatic rings. The van der Waals surface area contributed by atoms with Gasteiger partial charge in [0.1, 0.15) is 11.5 Å². The van der Waals surface area contributed by atoms with E-state index in [0.29, 0.717) is 18.1 Å². The number of anilines is 1. The number of carbonyl (C=O) groups excluding carboxylic acids is 1. The van der Waals surface area contributed by atoms with Gasteiger partial charge in [0.15, 0.2) is 0 Å². The summed E-state index contributed by atoms with van der Waals surface area (Å²) in [6.07, 6.45) is 0. The van der Waals surface area contributed by atoms with E-state index in [-0.39, 0.29) is 5.91 Å². The van der Waals surface area contributed by atoms with E-state index in [1.54, 1.807) is 22.9 Å². The molecule has 0 saturated carbocycles. The first-order chi connectivity index (χ1) is 9.52. The summed E-state index contributed by atoms with van der Waals surface area (Å²) in [5.74, 6) is 5.48. The van der Waals surface area contributed by atoms with Crippen molar-refractivity contribution in [1.82, 2.24) is 20.1 Å². The average Bonchev–Trinajstić information content (AvgIpc) is 2.70. The summed E-state index contributed by atoms with van der Waals surface area (Å²) < 4.78 is 1.80. The Kier molecular flexibility index (Phi) is 3.99. The summed E-state index contributed by atoms with van der Waals surface area (Å²) >= 11 is 0. The molecule has 0 radical (unpaired) electrons. The topological polar surface area (TPSA) is 97.9 Å². The molecule has 20 heavy (non-hydrogen) atoms. The molecule has 2 heterocycles. The Balaban J connectivity index is 2.08. The quantitative estimate of drug-likeness (QED) is 0.561. The third-order valence-electron chi connectivity index (χ3n) is 3.21. The highest BCUT2D eigenvalue weighted by atomic mass is 16.1. The fourth-order valence-corrected chi connectivity index (χ4v) is 1.97. The van der Waals surface area contributed by atoms with Crippen LogP contribution in [0.2, 0.25) is 0 Å². The van der Waals surface area contributed by atoms with Crippen molar-refractivity contribution in [1.29, 1.82) is 0 Å². The van der Waals surface area contributed by atoms with Gasteiger partial charge in [-0.15, -0.1) is 0 Å². The monoisotopic (exact) mass is 274 g/mol. The van der Waals surface area contributed by atoms with Crippen molar-refractivity contribution < 1.29 is 4.79 Å². The van der Waals surface area contributed by atoms with Gasteiger partial charge in [0, 0.05) is 24.8 Å². The number of aryl methyl sites for hydroxylation is 2. The highest BCUT2D eigenvalue weighted by Gasteiger charge is 2.12. The standard InChI is InChI=1S/C13H18N6O/c1-8-10(9(2)19(3)18-8)7-15-13(20)11-5-4-6-12(16-11)17-14/h4-6H,7,14H2,1-3H3,(H,15,20)(H,16,17). The predicted molar refractivity (Wildman–Crippen MR) is 75.9 cm³/mol. The van der Waals surface area contributed by atoms with Crippen molar-refractivity contribution in [3.8, 4) is 0 Å². The molecule has 0 unspecified atom stereocenters. The molecule has 0 fully saturated rings. The SMILES string of the molecule is Cc1nn(C)c(C)c1CNC(=O)c1cccc(NN)n1. The van der Waals surface area contributed by atoms with Crippen LogP contribution in [0.25, 0.3) is 0 Å². The third kappa shape index (κ3) is 2.77. The third-order valence-corrected chi connectivity index (χ3v) is 3.21.